The molecule has 4 heteroatoms. The van der Waals surface area contributed by atoms with Gasteiger partial charge in [-0.3, -0.25) is 4.79 Å². The molecule has 2 aromatic carbocycles. The molecule has 0 unspecified atom stereocenters. The molecule has 0 spiro atoms. The number of benzene rings is 2. The summed E-state index contributed by atoms with van der Waals surface area (Å²) in [6.45, 7) is 1.92. The molecule has 3 rings (SSSR count). The monoisotopic (exact) mass is 340 g/mol. The Morgan fingerprint density at radius 3 is 2.67 bits per heavy atom. The molecule has 0 saturated heterocycles. The summed E-state index contributed by atoms with van der Waals surface area (Å²) in [5, 5.41) is 4.97. The molecule has 1 aromatic heterocycles. The standard InChI is InChI=1S/C17H13BrN2O/c1-11-3-2-8-19-16(11)20-17(21)14-5-4-13-10-15(18)7-6-12(13)9-14/h2-10H,1H3,(H,19,20,21). The quantitative estimate of drug-likeness (QED) is 0.743. The van der Waals surface area contributed by atoms with Gasteiger partial charge in [0.2, 0.25) is 0 Å². The summed E-state index contributed by atoms with van der Waals surface area (Å²) in [7, 11) is 0. The van der Waals surface area contributed by atoms with Crippen LogP contribution in [0.1, 0.15) is 15.9 Å². The summed E-state index contributed by atoms with van der Waals surface area (Å²) < 4.78 is 1.02. The van der Waals surface area contributed by atoms with Crippen LogP contribution in [0.4, 0.5) is 5.82 Å². The maximum absolute atomic E-state index is 12.3. The number of hydrogen-bond acceptors (Lipinski definition) is 2. The first-order valence-corrected chi connectivity index (χ1v) is 7.35. The number of halogens is 1. The van der Waals surface area contributed by atoms with E-state index in [0.717, 1.165) is 20.8 Å². The average Bonchev–Trinajstić information content (AvgIpc) is 2.49. The van der Waals surface area contributed by atoms with Gasteiger partial charge in [-0.1, -0.05) is 34.1 Å². The van der Waals surface area contributed by atoms with Gasteiger partial charge in [-0.05, 0) is 53.6 Å². The fourth-order valence-corrected chi connectivity index (χ4v) is 2.53. The number of carbonyl (C=O) groups excluding carboxylic acids is 1. The number of fused-ring (bicyclic) bond motifs is 1. The molecule has 1 heterocycles. The molecular weight excluding hydrogens is 328 g/mol. The van der Waals surface area contributed by atoms with Gasteiger partial charge in [0.05, 0.1) is 0 Å². The lowest BCUT2D eigenvalue weighted by molar-refractivity contribution is 0.102. The summed E-state index contributed by atoms with van der Waals surface area (Å²) in [5.41, 5.74) is 1.56. The number of nitrogens with one attached hydrogen (secondary N) is 1. The average molecular weight is 341 g/mol. The van der Waals surface area contributed by atoms with Crippen LogP contribution in [-0.2, 0) is 0 Å². The maximum Gasteiger partial charge on any atom is 0.256 e. The maximum atomic E-state index is 12.3. The first-order chi connectivity index (χ1) is 10.1. The van der Waals surface area contributed by atoms with Crippen molar-refractivity contribution in [3.05, 3.63) is 70.3 Å². The Morgan fingerprint density at radius 1 is 1.10 bits per heavy atom. The Labute approximate surface area is 131 Å². The molecular formula is C17H13BrN2O. The van der Waals surface area contributed by atoms with Gasteiger partial charge in [0, 0.05) is 16.2 Å². The summed E-state index contributed by atoms with van der Waals surface area (Å²) >= 11 is 3.44. The lowest BCUT2D eigenvalue weighted by Crippen LogP contribution is -2.13. The van der Waals surface area contributed by atoms with Crippen LogP contribution in [0.3, 0.4) is 0 Å². The molecule has 3 aromatic rings. The predicted octanol–water partition coefficient (Wildman–Crippen LogP) is 4.56. The zero-order valence-electron chi connectivity index (χ0n) is 11.4. The largest absolute Gasteiger partial charge is 0.306 e. The highest BCUT2D eigenvalue weighted by molar-refractivity contribution is 9.10. The van der Waals surface area contributed by atoms with E-state index in [1.54, 1.807) is 6.20 Å². The highest BCUT2D eigenvalue weighted by Gasteiger charge is 2.09. The van der Waals surface area contributed by atoms with Crippen LogP contribution in [0.2, 0.25) is 0 Å². The first kappa shape index (κ1) is 13.8. The third-order valence-electron chi connectivity index (χ3n) is 3.31. The number of hydrogen-bond donors (Lipinski definition) is 1. The molecule has 0 aliphatic carbocycles. The van der Waals surface area contributed by atoms with Gasteiger partial charge in [-0.25, -0.2) is 4.98 Å². The Morgan fingerprint density at radius 2 is 1.86 bits per heavy atom. The van der Waals surface area contributed by atoms with E-state index < -0.39 is 0 Å². The van der Waals surface area contributed by atoms with Gasteiger partial charge >= 0.3 is 0 Å². The summed E-state index contributed by atoms with van der Waals surface area (Å²) in [6.07, 6.45) is 1.67. The second-order valence-corrected chi connectivity index (χ2v) is 5.74. The van der Waals surface area contributed by atoms with Crippen molar-refractivity contribution in [1.82, 2.24) is 4.98 Å². The molecule has 0 bridgehead atoms. The Bertz CT molecular complexity index is 830. The Kier molecular flexibility index (Phi) is 3.71. The number of aromatic nitrogens is 1. The van der Waals surface area contributed by atoms with Crippen LogP contribution in [0.5, 0.6) is 0 Å². The third kappa shape index (κ3) is 2.95. The van der Waals surface area contributed by atoms with Crippen LogP contribution in [0.25, 0.3) is 10.8 Å². The van der Waals surface area contributed by atoms with Gasteiger partial charge in [0.25, 0.3) is 5.91 Å². The normalized spacial score (nSPS) is 10.6. The first-order valence-electron chi connectivity index (χ1n) is 6.56. The van der Waals surface area contributed by atoms with Crippen molar-refractivity contribution >= 4 is 38.4 Å². The second-order valence-electron chi connectivity index (χ2n) is 4.83. The molecule has 21 heavy (non-hydrogen) atoms. The van der Waals surface area contributed by atoms with E-state index in [2.05, 4.69) is 26.2 Å². The predicted molar refractivity (Wildman–Crippen MR) is 88.6 cm³/mol. The molecule has 0 saturated carbocycles. The van der Waals surface area contributed by atoms with E-state index >= 15 is 0 Å². The zero-order valence-corrected chi connectivity index (χ0v) is 13.0. The molecule has 1 amide bonds. The molecule has 3 nitrogen and oxygen atoms in total. The molecule has 1 N–H and O–H groups in total. The molecule has 104 valence electrons. The molecule has 0 fully saturated rings. The van der Waals surface area contributed by atoms with E-state index in [4.69, 9.17) is 0 Å². The zero-order chi connectivity index (χ0) is 14.8. The van der Waals surface area contributed by atoms with Gasteiger partial charge < -0.3 is 5.32 Å². The van der Waals surface area contributed by atoms with E-state index in [1.165, 1.54) is 0 Å². The highest BCUT2D eigenvalue weighted by atomic mass is 79.9. The van der Waals surface area contributed by atoms with Crippen molar-refractivity contribution in [3.8, 4) is 0 Å². The minimum absolute atomic E-state index is 0.151. The minimum atomic E-state index is -0.151. The Balaban J connectivity index is 1.91. The van der Waals surface area contributed by atoms with Crippen LogP contribution >= 0.6 is 15.9 Å². The van der Waals surface area contributed by atoms with Crippen LogP contribution in [0.15, 0.2) is 59.2 Å². The lowest BCUT2D eigenvalue weighted by atomic mass is 10.1. The van der Waals surface area contributed by atoms with Gasteiger partial charge in [0.15, 0.2) is 0 Å². The summed E-state index contributed by atoms with van der Waals surface area (Å²) in [5.74, 6) is 0.444. The number of aryl methyl sites for hydroxylation is 1. The molecule has 0 aliphatic heterocycles. The van der Waals surface area contributed by atoms with E-state index in [1.807, 2.05) is 55.5 Å². The number of carbonyl (C=O) groups is 1. The topological polar surface area (TPSA) is 42.0 Å². The fraction of sp³-hybridized carbons (Fsp3) is 0.0588. The molecule has 0 atom stereocenters. The molecule has 0 radical (unpaired) electrons. The van der Waals surface area contributed by atoms with E-state index in [-0.39, 0.29) is 5.91 Å². The van der Waals surface area contributed by atoms with E-state index in [9.17, 15) is 4.79 Å². The van der Waals surface area contributed by atoms with Crippen molar-refractivity contribution < 1.29 is 4.79 Å². The van der Waals surface area contributed by atoms with Crippen molar-refractivity contribution in [2.45, 2.75) is 6.92 Å². The van der Waals surface area contributed by atoms with Crippen LogP contribution in [-0.4, -0.2) is 10.9 Å². The minimum Gasteiger partial charge on any atom is -0.306 e. The van der Waals surface area contributed by atoms with Gasteiger partial charge in [-0.2, -0.15) is 0 Å². The van der Waals surface area contributed by atoms with Crippen molar-refractivity contribution in [1.29, 1.82) is 0 Å². The SMILES string of the molecule is Cc1cccnc1NC(=O)c1ccc2cc(Br)ccc2c1. The summed E-state index contributed by atoms with van der Waals surface area (Å²) in [4.78, 5) is 16.5. The van der Waals surface area contributed by atoms with Crippen LogP contribution < -0.4 is 5.32 Å². The number of anilines is 1. The number of nitrogens with zero attached hydrogens (tertiary/aromatic N) is 1. The van der Waals surface area contributed by atoms with Crippen molar-refractivity contribution in [3.63, 3.8) is 0 Å². The summed E-state index contributed by atoms with van der Waals surface area (Å²) in [6, 6.07) is 15.4. The second kappa shape index (κ2) is 5.66. The van der Waals surface area contributed by atoms with Crippen molar-refractivity contribution in [2.75, 3.05) is 5.32 Å². The van der Waals surface area contributed by atoms with Crippen LogP contribution in [0, 0.1) is 6.92 Å². The molecule has 0 aliphatic rings. The lowest BCUT2D eigenvalue weighted by Gasteiger charge is -2.08. The van der Waals surface area contributed by atoms with Gasteiger partial charge in [-0.15, -0.1) is 0 Å². The number of rotatable bonds is 2. The highest BCUT2D eigenvalue weighted by Crippen LogP contribution is 2.21. The van der Waals surface area contributed by atoms with Gasteiger partial charge in [0.1, 0.15) is 5.82 Å². The Hall–Kier alpha value is -2.20. The third-order valence-corrected chi connectivity index (χ3v) is 3.80. The van der Waals surface area contributed by atoms with E-state index in [0.29, 0.717) is 11.4 Å². The fourth-order valence-electron chi connectivity index (χ4n) is 2.15. The number of amides is 1. The number of pyridine rings is 1. The van der Waals surface area contributed by atoms with Crippen molar-refractivity contribution in [2.24, 2.45) is 0 Å². The smallest absolute Gasteiger partial charge is 0.256 e.